The van der Waals surface area contributed by atoms with E-state index in [1.165, 1.54) is 29.9 Å². The van der Waals surface area contributed by atoms with Crippen LogP contribution in [0.3, 0.4) is 0 Å². The minimum Gasteiger partial charge on any atom is -0.361 e. The van der Waals surface area contributed by atoms with E-state index in [1.54, 1.807) is 24.3 Å². The number of quaternary nitrogens is 1. The Morgan fingerprint density at radius 3 is 2.38 bits per heavy atom. The molecule has 2 aromatic rings. The Morgan fingerprint density at radius 2 is 1.62 bits per heavy atom. The lowest BCUT2D eigenvalue weighted by molar-refractivity contribution is -0.974. The summed E-state index contributed by atoms with van der Waals surface area (Å²) in [5.74, 6) is -0.492. The minimum absolute atomic E-state index is 0.00144. The second-order valence-corrected chi connectivity index (χ2v) is 6.86. The zero-order valence-electron chi connectivity index (χ0n) is 13.6. The van der Waals surface area contributed by atoms with Crippen molar-refractivity contribution >= 4 is 0 Å². The minimum atomic E-state index is -0.259. The number of fused-ring (bicyclic) bond motifs is 1. The average Bonchev–Trinajstić information content (AvgIpc) is 2.60. The number of benzene rings is 2. The van der Waals surface area contributed by atoms with Gasteiger partial charge in [-0.15, -0.1) is 0 Å². The van der Waals surface area contributed by atoms with E-state index in [0.29, 0.717) is 12.6 Å². The molecule has 0 aliphatic carbocycles. The molecule has 2 heterocycles. The van der Waals surface area contributed by atoms with Crippen LogP contribution in [0.2, 0.25) is 0 Å². The van der Waals surface area contributed by atoms with Gasteiger partial charge in [-0.05, 0) is 42.7 Å². The SMILES string of the molecule is Fc1cccc(C2OCC3CCCC[NH+]3C2c2cccc(F)c2)c1. The second kappa shape index (κ2) is 6.61. The maximum absolute atomic E-state index is 13.8. The van der Waals surface area contributed by atoms with Crippen LogP contribution in [0.4, 0.5) is 8.78 Å². The predicted octanol–water partition coefficient (Wildman–Crippen LogP) is 3.21. The molecule has 24 heavy (non-hydrogen) atoms. The highest BCUT2D eigenvalue weighted by Gasteiger charge is 2.44. The number of rotatable bonds is 2. The summed E-state index contributed by atoms with van der Waals surface area (Å²) in [5.41, 5.74) is 1.77. The lowest BCUT2D eigenvalue weighted by atomic mass is 9.88. The van der Waals surface area contributed by atoms with E-state index in [-0.39, 0.29) is 23.8 Å². The number of nitrogens with one attached hydrogen (secondary N) is 1. The smallest absolute Gasteiger partial charge is 0.144 e. The summed E-state index contributed by atoms with van der Waals surface area (Å²) in [6, 6.07) is 13.8. The van der Waals surface area contributed by atoms with Gasteiger partial charge < -0.3 is 9.64 Å². The first kappa shape index (κ1) is 15.7. The molecular weight excluding hydrogens is 308 g/mol. The summed E-state index contributed by atoms with van der Waals surface area (Å²) >= 11 is 0. The summed E-state index contributed by atoms with van der Waals surface area (Å²) in [4.78, 5) is 1.45. The van der Waals surface area contributed by atoms with Crippen LogP contribution in [0, 0.1) is 11.6 Å². The molecule has 0 amide bonds. The first-order valence-electron chi connectivity index (χ1n) is 8.70. The molecule has 2 saturated heterocycles. The van der Waals surface area contributed by atoms with Gasteiger partial charge in [0.2, 0.25) is 0 Å². The van der Waals surface area contributed by atoms with Crippen molar-refractivity contribution in [3.05, 3.63) is 71.3 Å². The maximum Gasteiger partial charge on any atom is 0.144 e. The van der Waals surface area contributed by atoms with E-state index in [9.17, 15) is 8.78 Å². The van der Waals surface area contributed by atoms with E-state index < -0.39 is 0 Å². The average molecular weight is 330 g/mol. The monoisotopic (exact) mass is 330 g/mol. The number of hydrogen-bond acceptors (Lipinski definition) is 1. The Hall–Kier alpha value is -1.78. The van der Waals surface area contributed by atoms with Crippen molar-refractivity contribution in [1.29, 1.82) is 0 Å². The van der Waals surface area contributed by atoms with Gasteiger partial charge in [0.1, 0.15) is 29.8 Å². The summed E-state index contributed by atoms with van der Waals surface area (Å²) in [7, 11) is 0. The van der Waals surface area contributed by atoms with Gasteiger partial charge in [-0.25, -0.2) is 8.78 Å². The fraction of sp³-hybridized carbons (Fsp3) is 0.400. The van der Waals surface area contributed by atoms with E-state index in [2.05, 4.69) is 0 Å². The molecule has 1 N–H and O–H groups in total. The van der Waals surface area contributed by atoms with Crippen molar-refractivity contribution in [3.8, 4) is 0 Å². The number of ether oxygens (including phenoxy) is 1. The van der Waals surface area contributed by atoms with Crippen molar-refractivity contribution in [1.82, 2.24) is 0 Å². The Bertz CT molecular complexity index is 720. The Kier molecular flexibility index (Phi) is 4.33. The lowest BCUT2D eigenvalue weighted by Gasteiger charge is -2.45. The highest BCUT2D eigenvalue weighted by atomic mass is 19.1. The van der Waals surface area contributed by atoms with Gasteiger partial charge in [0.05, 0.1) is 13.2 Å². The van der Waals surface area contributed by atoms with Crippen LogP contribution in [-0.4, -0.2) is 19.2 Å². The quantitative estimate of drug-likeness (QED) is 0.893. The number of halogens is 2. The molecule has 2 aromatic carbocycles. The predicted molar refractivity (Wildman–Crippen MR) is 87.7 cm³/mol. The molecule has 126 valence electrons. The fourth-order valence-electron chi connectivity index (χ4n) is 4.28. The zero-order valence-corrected chi connectivity index (χ0v) is 13.6. The maximum atomic E-state index is 13.8. The van der Waals surface area contributed by atoms with Crippen molar-refractivity contribution in [2.24, 2.45) is 0 Å². The van der Waals surface area contributed by atoms with E-state index in [1.807, 2.05) is 12.1 Å². The summed E-state index contributed by atoms with van der Waals surface area (Å²) in [5, 5.41) is 0. The van der Waals surface area contributed by atoms with Crippen molar-refractivity contribution in [2.75, 3.05) is 13.2 Å². The molecular formula is C20H22F2NO+. The number of hydrogen-bond donors (Lipinski definition) is 1. The van der Waals surface area contributed by atoms with Gasteiger partial charge in [-0.3, -0.25) is 0 Å². The van der Waals surface area contributed by atoms with Gasteiger partial charge in [-0.2, -0.15) is 0 Å². The molecule has 4 atom stereocenters. The van der Waals surface area contributed by atoms with E-state index in [0.717, 1.165) is 24.1 Å². The standard InChI is InChI=1S/C20H21F2NO/c21-16-7-3-5-14(11-16)19-20(15-6-4-8-17(22)12-15)24-13-18-9-1-2-10-23(18)19/h3-8,11-12,18-20H,1-2,9-10,13H2/p+1. The molecule has 0 bridgehead atoms. The highest BCUT2D eigenvalue weighted by molar-refractivity contribution is 5.26. The summed E-state index contributed by atoms with van der Waals surface area (Å²) in [6.45, 7) is 1.74. The Balaban J connectivity index is 1.76. The van der Waals surface area contributed by atoms with Crippen LogP contribution in [-0.2, 0) is 4.74 Å². The first-order valence-corrected chi connectivity index (χ1v) is 8.70. The van der Waals surface area contributed by atoms with Crippen molar-refractivity contribution in [2.45, 2.75) is 37.5 Å². The Morgan fingerprint density at radius 1 is 0.917 bits per heavy atom. The molecule has 4 unspecified atom stereocenters. The van der Waals surface area contributed by atoms with Gasteiger partial charge in [-0.1, -0.05) is 24.3 Å². The van der Waals surface area contributed by atoms with Crippen LogP contribution in [0.1, 0.15) is 42.5 Å². The van der Waals surface area contributed by atoms with Gasteiger partial charge >= 0.3 is 0 Å². The molecule has 4 rings (SSSR count). The zero-order chi connectivity index (χ0) is 16.5. The van der Waals surface area contributed by atoms with Gasteiger partial charge in [0.25, 0.3) is 0 Å². The molecule has 0 saturated carbocycles. The largest absolute Gasteiger partial charge is 0.361 e. The topological polar surface area (TPSA) is 13.7 Å². The second-order valence-electron chi connectivity index (χ2n) is 6.86. The summed E-state index contributed by atoms with van der Waals surface area (Å²) < 4.78 is 33.7. The van der Waals surface area contributed by atoms with Crippen LogP contribution in [0.25, 0.3) is 0 Å². The van der Waals surface area contributed by atoms with Crippen LogP contribution in [0.15, 0.2) is 48.5 Å². The fourth-order valence-corrected chi connectivity index (χ4v) is 4.28. The molecule has 4 heteroatoms. The van der Waals surface area contributed by atoms with E-state index >= 15 is 0 Å². The third-order valence-electron chi connectivity index (χ3n) is 5.36. The van der Waals surface area contributed by atoms with Crippen LogP contribution < -0.4 is 4.90 Å². The molecule has 2 aliphatic heterocycles. The lowest BCUT2D eigenvalue weighted by Crippen LogP contribution is -3.18. The number of piperidine rings is 1. The third-order valence-corrected chi connectivity index (χ3v) is 5.36. The summed E-state index contributed by atoms with van der Waals surface area (Å²) in [6.07, 6.45) is 3.29. The molecule has 2 aliphatic rings. The first-order chi connectivity index (χ1) is 11.7. The van der Waals surface area contributed by atoms with Gasteiger partial charge in [0.15, 0.2) is 0 Å². The molecule has 0 radical (unpaired) electrons. The molecule has 2 fully saturated rings. The van der Waals surface area contributed by atoms with Crippen molar-refractivity contribution in [3.63, 3.8) is 0 Å². The van der Waals surface area contributed by atoms with Crippen LogP contribution in [0.5, 0.6) is 0 Å². The van der Waals surface area contributed by atoms with Crippen LogP contribution >= 0.6 is 0 Å². The third kappa shape index (κ3) is 2.96. The normalized spacial score (nSPS) is 29.9. The van der Waals surface area contributed by atoms with Crippen molar-refractivity contribution < 1.29 is 18.4 Å². The Labute approximate surface area is 141 Å². The molecule has 0 aromatic heterocycles. The van der Waals surface area contributed by atoms with E-state index in [4.69, 9.17) is 4.74 Å². The van der Waals surface area contributed by atoms with Gasteiger partial charge in [0, 0.05) is 12.0 Å². The highest BCUT2D eigenvalue weighted by Crippen LogP contribution is 2.34. The molecule has 2 nitrogen and oxygen atoms in total. The number of morpholine rings is 1. The molecule has 0 spiro atoms.